The molecule has 2 rings (SSSR count). The Morgan fingerprint density at radius 2 is 2.25 bits per heavy atom. The van der Waals surface area contributed by atoms with Crippen LogP contribution in [0.25, 0.3) is 0 Å². The van der Waals surface area contributed by atoms with Gasteiger partial charge >= 0.3 is 0 Å². The molecule has 0 saturated carbocycles. The molecule has 2 aromatic rings. The minimum absolute atomic E-state index is 0.145. The molecule has 0 aliphatic carbocycles. The number of aryl methyl sites for hydroxylation is 1. The van der Waals surface area contributed by atoms with Gasteiger partial charge in [-0.3, -0.25) is 4.79 Å². The fourth-order valence-corrected chi connectivity index (χ4v) is 2.78. The summed E-state index contributed by atoms with van der Waals surface area (Å²) in [4.78, 5) is 12.2. The minimum atomic E-state index is -0.145. The molecule has 0 radical (unpaired) electrons. The zero-order valence-corrected chi connectivity index (χ0v) is 13.3. The smallest absolute Gasteiger partial charge is 0.256 e. The van der Waals surface area contributed by atoms with E-state index in [9.17, 15) is 4.79 Å². The molecule has 1 heterocycles. The van der Waals surface area contributed by atoms with E-state index in [0.717, 1.165) is 14.9 Å². The lowest BCUT2D eigenvalue weighted by molar-refractivity contribution is 0.102. The number of carbonyl (C=O) groups excluding carboxylic acids is 1. The fraction of sp³-hybridized carbons (Fsp3) is 0.133. The molecule has 1 aromatic heterocycles. The topological polar surface area (TPSA) is 55.1 Å². The van der Waals surface area contributed by atoms with Gasteiger partial charge in [-0.25, -0.2) is 0 Å². The number of rotatable bonds is 2. The van der Waals surface area contributed by atoms with E-state index in [1.54, 1.807) is 11.4 Å². The summed E-state index contributed by atoms with van der Waals surface area (Å²) in [5.41, 5.74) is 8.55. The van der Waals surface area contributed by atoms with E-state index in [2.05, 4.69) is 33.1 Å². The van der Waals surface area contributed by atoms with E-state index in [1.807, 2.05) is 25.1 Å². The number of hydrogen-bond acceptors (Lipinski definition) is 3. The standard InChI is InChI=1S/C15H13BrN2OS/c1-10-4-5-11(3-2-6-17)13(7-10)18-15(19)12-8-14(16)20-9-12/h4-5,7-9H,6,17H2,1H3,(H,18,19). The molecule has 0 saturated heterocycles. The monoisotopic (exact) mass is 348 g/mol. The number of carbonyl (C=O) groups is 1. The highest BCUT2D eigenvalue weighted by Gasteiger charge is 2.10. The predicted molar refractivity (Wildman–Crippen MR) is 87.1 cm³/mol. The fourth-order valence-electron chi connectivity index (χ4n) is 1.64. The number of nitrogens with one attached hydrogen (secondary N) is 1. The van der Waals surface area contributed by atoms with Gasteiger partial charge in [0.15, 0.2) is 0 Å². The minimum Gasteiger partial charge on any atom is -0.321 e. The Hall–Kier alpha value is -1.61. The molecule has 3 nitrogen and oxygen atoms in total. The van der Waals surface area contributed by atoms with Crippen molar-refractivity contribution < 1.29 is 4.79 Å². The molecule has 20 heavy (non-hydrogen) atoms. The SMILES string of the molecule is Cc1ccc(C#CCN)c(NC(=O)c2csc(Br)c2)c1. The molecule has 1 amide bonds. The summed E-state index contributed by atoms with van der Waals surface area (Å²) in [6.07, 6.45) is 0. The van der Waals surface area contributed by atoms with Crippen LogP contribution in [0.1, 0.15) is 21.5 Å². The van der Waals surface area contributed by atoms with Crippen molar-refractivity contribution in [2.24, 2.45) is 5.73 Å². The normalized spacial score (nSPS) is 9.75. The summed E-state index contributed by atoms with van der Waals surface area (Å²) < 4.78 is 0.926. The average Bonchev–Trinajstić information content (AvgIpc) is 2.85. The van der Waals surface area contributed by atoms with E-state index < -0.39 is 0 Å². The quantitative estimate of drug-likeness (QED) is 0.817. The van der Waals surface area contributed by atoms with Crippen molar-refractivity contribution in [1.82, 2.24) is 0 Å². The highest BCUT2D eigenvalue weighted by molar-refractivity contribution is 9.11. The summed E-state index contributed by atoms with van der Waals surface area (Å²) >= 11 is 4.82. The van der Waals surface area contributed by atoms with Gasteiger partial charge < -0.3 is 11.1 Å². The first-order valence-electron chi connectivity index (χ1n) is 5.95. The largest absolute Gasteiger partial charge is 0.321 e. The van der Waals surface area contributed by atoms with Gasteiger partial charge in [0.05, 0.1) is 21.6 Å². The first-order valence-corrected chi connectivity index (χ1v) is 7.62. The van der Waals surface area contributed by atoms with Gasteiger partial charge in [-0.05, 0) is 46.6 Å². The molecule has 5 heteroatoms. The molecule has 0 bridgehead atoms. The van der Waals surface area contributed by atoms with Crippen LogP contribution in [0.2, 0.25) is 0 Å². The number of thiophene rings is 1. The Labute approximate surface area is 130 Å². The van der Waals surface area contributed by atoms with Gasteiger partial charge in [-0.15, -0.1) is 11.3 Å². The number of halogens is 1. The summed E-state index contributed by atoms with van der Waals surface area (Å²) in [6.45, 7) is 2.26. The number of benzene rings is 1. The second-order valence-corrected chi connectivity index (χ2v) is 6.44. The maximum atomic E-state index is 12.2. The first-order chi connectivity index (χ1) is 9.60. The summed E-state index contributed by atoms with van der Waals surface area (Å²) in [6, 6.07) is 7.54. The van der Waals surface area contributed by atoms with Crippen LogP contribution in [0.5, 0.6) is 0 Å². The van der Waals surface area contributed by atoms with Crippen molar-refractivity contribution in [2.45, 2.75) is 6.92 Å². The molecule has 0 aliphatic heterocycles. The second-order valence-electron chi connectivity index (χ2n) is 4.15. The van der Waals surface area contributed by atoms with E-state index in [4.69, 9.17) is 5.73 Å². The van der Waals surface area contributed by atoms with Crippen LogP contribution in [-0.2, 0) is 0 Å². The molecule has 3 N–H and O–H groups in total. The third kappa shape index (κ3) is 3.70. The summed E-state index contributed by atoms with van der Waals surface area (Å²) in [5, 5.41) is 4.70. The van der Waals surface area contributed by atoms with Gasteiger partial charge in [-0.1, -0.05) is 17.9 Å². The van der Waals surface area contributed by atoms with E-state index >= 15 is 0 Å². The highest BCUT2D eigenvalue weighted by Crippen LogP contribution is 2.23. The predicted octanol–water partition coefficient (Wildman–Crippen LogP) is 3.38. The number of nitrogens with two attached hydrogens (primary N) is 1. The van der Waals surface area contributed by atoms with Crippen molar-refractivity contribution in [2.75, 3.05) is 11.9 Å². The van der Waals surface area contributed by atoms with Gasteiger partial charge in [0, 0.05) is 10.9 Å². The van der Waals surface area contributed by atoms with Crippen LogP contribution >= 0.6 is 27.3 Å². The van der Waals surface area contributed by atoms with Crippen molar-refractivity contribution >= 4 is 38.9 Å². The lowest BCUT2D eigenvalue weighted by atomic mass is 10.1. The molecular weight excluding hydrogens is 336 g/mol. The molecule has 0 unspecified atom stereocenters. The van der Waals surface area contributed by atoms with Gasteiger partial charge in [-0.2, -0.15) is 0 Å². The van der Waals surface area contributed by atoms with Crippen molar-refractivity contribution in [3.63, 3.8) is 0 Å². The van der Waals surface area contributed by atoms with Crippen molar-refractivity contribution in [3.05, 3.63) is 50.1 Å². The van der Waals surface area contributed by atoms with Crippen molar-refractivity contribution in [3.8, 4) is 11.8 Å². The number of hydrogen-bond donors (Lipinski definition) is 2. The third-order valence-corrected chi connectivity index (χ3v) is 4.08. The maximum absolute atomic E-state index is 12.2. The molecule has 0 spiro atoms. The van der Waals surface area contributed by atoms with Crippen LogP contribution in [0.4, 0.5) is 5.69 Å². The van der Waals surface area contributed by atoms with Crippen LogP contribution in [-0.4, -0.2) is 12.5 Å². The highest BCUT2D eigenvalue weighted by atomic mass is 79.9. The summed E-state index contributed by atoms with van der Waals surface area (Å²) in [7, 11) is 0. The molecule has 0 fully saturated rings. The Morgan fingerprint density at radius 1 is 1.45 bits per heavy atom. The Balaban J connectivity index is 2.28. The van der Waals surface area contributed by atoms with Gasteiger partial charge in [0.2, 0.25) is 0 Å². The molecule has 1 aromatic carbocycles. The Morgan fingerprint density at radius 3 is 2.90 bits per heavy atom. The third-order valence-electron chi connectivity index (χ3n) is 2.58. The van der Waals surface area contributed by atoms with Crippen LogP contribution < -0.4 is 11.1 Å². The Kier molecular flexibility index (Phi) is 4.96. The number of anilines is 1. The first kappa shape index (κ1) is 14.8. The van der Waals surface area contributed by atoms with Crippen molar-refractivity contribution in [1.29, 1.82) is 0 Å². The molecule has 102 valence electrons. The van der Waals surface area contributed by atoms with Gasteiger partial charge in [0.25, 0.3) is 5.91 Å². The molecule has 0 aliphatic rings. The zero-order valence-electron chi connectivity index (χ0n) is 10.9. The molecule has 0 atom stereocenters. The van der Waals surface area contributed by atoms with Gasteiger partial charge in [0.1, 0.15) is 0 Å². The lowest BCUT2D eigenvalue weighted by Gasteiger charge is -2.07. The van der Waals surface area contributed by atoms with Crippen LogP contribution in [0, 0.1) is 18.8 Å². The summed E-state index contributed by atoms with van der Waals surface area (Å²) in [5.74, 6) is 5.62. The zero-order chi connectivity index (χ0) is 14.5. The number of amides is 1. The van der Waals surface area contributed by atoms with E-state index in [1.165, 1.54) is 11.3 Å². The average molecular weight is 349 g/mol. The van der Waals surface area contributed by atoms with Crippen LogP contribution in [0.3, 0.4) is 0 Å². The second kappa shape index (κ2) is 6.71. The molecular formula is C15H13BrN2OS. The lowest BCUT2D eigenvalue weighted by Crippen LogP contribution is -2.12. The van der Waals surface area contributed by atoms with E-state index in [-0.39, 0.29) is 5.91 Å². The maximum Gasteiger partial charge on any atom is 0.256 e. The van der Waals surface area contributed by atoms with Crippen LogP contribution in [0.15, 0.2) is 33.4 Å². The Bertz CT molecular complexity index is 697. The van der Waals surface area contributed by atoms with E-state index in [0.29, 0.717) is 17.8 Å².